The summed E-state index contributed by atoms with van der Waals surface area (Å²) in [7, 11) is 0. The first-order valence-electron chi connectivity index (χ1n) is 14.5. The SMILES string of the molecule is Cc1ccc2c3c1cccc3c1cccc3c1c2c1cccc2c4cccc5c(-c6ccccc6)ccc(c54)c3c21. The molecular formula is C41H24. The summed E-state index contributed by atoms with van der Waals surface area (Å²) in [4.78, 5) is 0. The fourth-order valence-electron chi connectivity index (χ4n) is 8.03. The molecule has 10 aromatic rings. The average Bonchev–Trinajstić information content (AvgIpc) is 3.03. The van der Waals surface area contributed by atoms with Crippen molar-refractivity contribution < 1.29 is 0 Å². The molecule has 10 rings (SSSR count). The van der Waals surface area contributed by atoms with Crippen LogP contribution in [0.25, 0.3) is 97.3 Å². The van der Waals surface area contributed by atoms with Crippen LogP contribution in [0.1, 0.15) is 5.56 Å². The summed E-state index contributed by atoms with van der Waals surface area (Å²) < 4.78 is 0. The predicted octanol–water partition coefficient (Wildman–Crippen LogP) is 11.8. The minimum atomic E-state index is 1.26. The lowest BCUT2D eigenvalue weighted by Crippen LogP contribution is -1.94. The number of rotatable bonds is 1. The molecule has 0 spiro atoms. The monoisotopic (exact) mass is 516 g/mol. The predicted molar refractivity (Wildman–Crippen MR) is 179 cm³/mol. The third-order valence-electron chi connectivity index (χ3n) is 9.67. The van der Waals surface area contributed by atoms with Crippen LogP contribution in [0.2, 0.25) is 0 Å². The van der Waals surface area contributed by atoms with E-state index in [2.05, 4.69) is 134 Å². The first-order valence-corrected chi connectivity index (χ1v) is 14.5. The van der Waals surface area contributed by atoms with Gasteiger partial charge < -0.3 is 0 Å². The van der Waals surface area contributed by atoms with E-state index in [4.69, 9.17) is 0 Å². The van der Waals surface area contributed by atoms with Crippen molar-refractivity contribution in [2.45, 2.75) is 6.92 Å². The van der Waals surface area contributed by atoms with Gasteiger partial charge in [-0.05, 0) is 110 Å². The first-order chi connectivity index (χ1) is 20.3. The van der Waals surface area contributed by atoms with Gasteiger partial charge in [0, 0.05) is 0 Å². The molecule has 0 amide bonds. The van der Waals surface area contributed by atoms with Gasteiger partial charge in [0.25, 0.3) is 0 Å². The Morgan fingerprint density at radius 3 is 1.29 bits per heavy atom. The average molecular weight is 517 g/mol. The Kier molecular flexibility index (Phi) is 3.95. The Balaban J connectivity index is 1.55. The largest absolute Gasteiger partial charge is 0.0622 e. The van der Waals surface area contributed by atoms with Crippen molar-refractivity contribution in [2.24, 2.45) is 0 Å². The van der Waals surface area contributed by atoms with E-state index < -0.39 is 0 Å². The van der Waals surface area contributed by atoms with E-state index in [-0.39, 0.29) is 0 Å². The summed E-state index contributed by atoms with van der Waals surface area (Å²) >= 11 is 0. The Morgan fingerprint density at radius 1 is 0.268 bits per heavy atom. The lowest BCUT2D eigenvalue weighted by Gasteiger charge is -2.22. The van der Waals surface area contributed by atoms with Crippen LogP contribution >= 0.6 is 0 Å². The first kappa shape index (κ1) is 21.6. The van der Waals surface area contributed by atoms with Crippen molar-refractivity contribution in [3.63, 3.8) is 0 Å². The van der Waals surface area contributed by atoms with E-state index in [9.17, 15) is 0 Å². The third kappa shape index (κ3) is 2.57. The normalized spacial score (nSPS) is 12.5. The molecule has 0 aromatic heterocycles. The van der Waals surface area contributed by atoms with Gasteiger partial charge in [0.2, 0.25) is 0 Å². The van der Waals surface area contributed by atoms with Crippen LogP contribution in [0, 0.1) is 6.92 Å². The Hall–Kier alpha value is -5.20. The minimum absolute atomic E-state index is 1.26. The Morgan fingerprint density at radius 2 is 0.683 bits per heavy atom. The summed E-state index contributed by atoms with van der Waals surface area (Å²) in [5.41, 5.74) is 3.89. The summed E-state index contributed by atoms with van der Waals surface area (Å²) in [6.45, 7) is 2.23. The van der Waals surface area contributed by atoms with E-state index in [0.29, 0.717) is 0 Å². The number of fused-ring (bicyclic) bond motifs is 6. The molecule has 0 heteroatoms. The van der Waals surface area contributed by atoms with Gasteiger partial charge in [0.1, 0.15) is 0 Å². The summed E-state index contributed by atoms with van der Waals surface area (Å²) in [5.74, 6) is 0. The molecule has 0 saturated carbocycles. The molecule has 0 nitrogen and oxygen atoms in total. The molecule has 41 heavy (non-hydrogen) atoms. The molecule has 0 bridgehead atoms. The number of aryl methyl sites for hydroxylation is 1. The van der Waals surface area contributed by atoms with Crippen molar-refractivity contribution in [2.75, 3.05) is 0 Å². The molecule has 0 aliphatic heterocycles. The molecule has 0 fully saturated rings. The molecule has 10 aromatic carbocycles. The highest BCUT2D eigenvalue weighted by molar-refractivity contribution is 6.47. The van der Waals surface area contributed by atoms with Crippen LogP contribution in [0.3, 0.4) is 0 Å². The van der Waals surface area contributed by atoms with Crippen LogP contribution in [0.15, 0.2) is 127 Å². The highest BCUT2D eigenvalue weighted by atomic mass is 14.2. The fraction of sp³-hybridized carbons (Fsp3) is 0.0244. The maximum absolute atomic E-state index is 2.38. The third-order valence-corrected chi connectivity index (χ3v) is 9.67. The van der Waals surface area contributed by atoms with E-state index in [1.54, 1.807) is 0 Å². The lowest BCUT2D eigenvalue weighted by atomic mass is 9.81. The molecule has 188 valence electrons. The van der Waals surface area contributed by atoms with Crippen molar-refractivity contribution >= 4 is 86.2 Å². The zero-order chi connectivity index (χ0) is 26.8. The Labute approximate surface area is 236 Å². The van der Waals surface area contributed by atoms with E-state index in [1.165, 1.54) is 103 Å². The van der Waals surface area contributed by atoms with Gasteiger partial charge in [-0.2, -0.15) is 0 Å². The lowest BCUT2D eigenvalue weighted by molar-refractivity contribution is 1.55. The zero-order valence-corrected chi connectivity index (χ0v) is 22.6. The van der Waals surface area contributed by atoms with Gasteiger partial charge in [0.05, 0.1) is 0 Å². The highest BCUT2D eigenvalue weighted by Crippen LogP contribution is 2.51. The van der Waals surface area contributed by atoms with Gasteiger partial charge in [-0.3, -0.25) is 0 Å². The smallest absolute Gasteiger partial charge is 0.00134 e. The van der Waals surface area contributed by atoms with E-state index >= 15 is 0 Å². The number of benzene rings is 10. The zero-order valence-electron chi connectivity index (χ0n) is 22.6. The fourth-order valence-corrected chi connectivity index (χ4v) is 8.03. The van der Waals surface area contributed by atoms with Gasteiger partial charge in [-0.1, -0.05) is 127 Å². The topological polar surface area (TPSA) is 0 Å². The van der Waals surface area contributed by atoms with Crippen molar-refractivity contribution in [3.05, 3.63) is 133 Å². The molecule has 0 aliphatic carbocycles. The minimum Gasteiger partial charge on any atom is -0.0622 e. The molecule has 0 atom stereocenters. The molecule has 0 N–H and O–H groups in total. The Bertz CT molecular complexity index is 2670. The number of hydrogen-bond donors (Lipinski definition) is 0. The molecule has 0 unspecified atom stereocenters. The molecule has 0 heterocycles. The van der Waals surface area contributed by atoms with Gasteiger partial charge in [-0.15, -0.1) is 0 Å². The molecule has 0 saturated heterocycles. The van der Waals surface area contributed by atoms with Gasteiger partial charge >= 0.3 is 0 Å². The number of hydrogen-bond acceptors (Lipinski definition) is 0. The van der Waals surface area contributed by atoms with Gasteiger partial charge in [-0.25, -0.2) is 0 Å². The molecular weight excluding hydrogens is 492 g/mol. The van der Waals surface area contributed by atoms with Crippen LogP contribution in [0.4, 0.5) is 0 Å². The van der Waals surface area contributed by atoms with Crippen molar-refractivity contribution in [1.82, 2.24) is 0 Å². The van der Waals surface area contributed by atoms with Crippen LogP contribution in [-0.4, -0.2) is 0 Å². The van der Waals surface area contributed by atoms with Crippen LogP contribution < -0.4 is 0 Å². The van der Waals surface area contributed by atoms with Crippen LogP contribution in [-0.2, 0) is 0 Å². The second-order valence-electron chi connectivity index (χ2n) is 11.6. The molecule has 0 radical (unpaired) electrons. The van der Waals surface area contributed by atoms with E-state index in [0.717, 1.165) is 0 Å². The summed E-state index contributed by atoms with van der Waals surface area (Å²) in [5, 5.41) is 21.7. The quantitative estimate of drug-likeness (QED) is 0.150. The maximum atomic E-state index is 2.38. The standard InChI is InChI=1S/C41H24/c1-23-19-20-34-36-25(23)11-5-13-28(36)30-15-7-18-33-38(30)40(34)32-17-8-16-31-29-14-6-12-27-26(24-9-3-2-4-10-24)21-22-35(37(27)29)41(33)39(31)32/h2-22H,1H3. The van der Waals surface area contributed by atoms with Crippen LogP contribution in [0.5, 0.6) is 0 Å². The summed E-state index contributed by atoms with van der Waals surface area (Å²) in [6.07, 6.45) is 0. The summed E-state index contributed by atoms with van der Waals surface area (Å²) in [6, 6.07) is 47.8. The van der Waals surface area contributed by atoms with Gasteiger partial charge in [0.15, 0.2) is 0 Å². The highest BCUT2D eigenvalue weighted by Gasteiger charge is 2.22. The van der Waals surface area contributed by atoms with Crippen molar-refractivity contribution in [1.29, 1.82) is 0 Å². The second kappa shape index (κ2) is 7.50. The molecule has 0 aliphatic rings. The van der Waals surface area contributed by atoms with E-state index in [1.807, 2.05) is 0 Å². The second-order valence-corrected chi connectivity index (χ2v) is 11.6. The van der Waals surface area contributed by atoms with Crippen molar-refractivity contribution in [3.8, 4) is 11.1 Å². The maximum Gasteiger partial charge on any atom is -0.00134 e.